The maximum atomic E-state index is 13.0. The number of rotatable bonds is 2. The van der Waals surface area contributed by atoms with Crippen LogP contribution in [0.2, 0.25) is 0 Å². The van der Waals surface area contributed by atoms with Crippen LogP contribution < -0.4 is 10.2 Å². The number of ether oxygens (including phenoxy) is 1. The number of benzene rings is 1. The zero-order valence-corrected chi connectivity index (χ0v) is 14.4. The summed E-state index contributed by atoms with van der Waals surface area (Å²) in [6, 6.07) is 6.82. The van der Waals surface area contributed by atoms with Crippen LogP contribution in [-0.4, -0.2) is 5.97 Å². The Labute approximate surface area is 151 Å². The number of carbonyl (C=O) groups is 1. The molecule has 0 amide bonds. The molecule has 0 unspecified atom stereocenters. The van der Waals surface area contributed by atoms with Gasteiger partial charge in [-0.3, -0.25) is 9.59 Å². The lowest BCUT2D eigenvalue weighted by Crippen LogP contribution is -2.13. The van der Waals surface area contributed by atoms with Gasteiger partial charge in [0.25, 0.3) is 0 Å². The maximum Gasteiger partial charge on any atom is 0.308 e. The van der Waals surface area contributed by atoms with Crippen LogP contribution in [0.3, 0.4) is 0 Å². The number of fused-ring (bicyclic) bond motifs is 1. The Morgan fingerprint density at radius 1 is 1.19 bits per heavy atom. The molecule has 0 atom stereocenters. The molecule has 0 saturated carbocycles. The van der Waals surface area contributed by atoms with Gasteiger partial charge in [0, 0.05) is 12.5 Å². The number of esters is 1. The molecule has 1 aliphatic rings. The first-order valence-corrected chi connectivity index (χ1v) is 8.18. The average molecular weight is 346 g/mol. The summed E-state index contributed by atoms with van der Waals surface area (Å²) in [6.45, 7) is 5.25. The van der Waals surface area contributed by atoms with Crippen molar-refractivity contribution in [3.05, 3.63) is 94.6 Å². The molecular weight excluding hydrogens is 328 g/mol. The second kappa shape index (κ2) is 7.66. The van der Waals surface area contributed by atoms with E-state index in [9.17, 15) is 9.59 Å². The highest BCUT2D eigenvalue weighted by atomic mass is 16.5. The summed E-state index contributed by atoms with van der Waals surface area (Å²) in [5.74, 6) is 0.481. The van der Waals surface area contributed by atoms with Gasteiger partial charge in [-0.2, -0.15) is 0 Å². The molecule has 0 fully saturated rings. The van der Waals surface area contributed by atoms with E-state index in [1.165, 1.54) is 13.2 Å². The van der Waals surface area contributed by atoms with E-state index in [0.717, 1.165) is 5.57 Å². The second-order valence-corrected chi connectivity index (χ2v) is 5.84. The summed E-state index contributed by atoms with van der Waals surface area (Å²) >= 11 is 0. The van der Waals surface area contributed by atoms with E-state index in [1.54, 1.807) is 36.4 Å². The lowest BCUT2D eigenvalue weighted by Gasteiger charge is -2.08. The van der Waals surface area contributed by atoms with E-state index in [1.807, 2.05) is 24.3 Å². The van der Waals surface area contributed by atoms with Crippen molar-refractivity contribution in [2.24, 2.45) is 0 Å². The molecule has 0 bridgehead atoms. The Hall–Kier alpha value is -3.40. The Kier molecular flexibility index (Phi) is 5.13. The predicted octanol–water partition coefficient (Wildman–Crippen LogP) is 4.47. The molecule has 130 valence electrons. The highest BCUT2D eigenvalue weighted by Crippen LogP contribution is 2.24. The van der Waals surface area contributed by atoms with Crippen LogP contribution in [0.15, 0.2) is 82.3 Å². The van der Waals surface area contributed by atoms with Gasteiger partial charge in [-0.1, -0.05) is 49.1 Å². The Morgan fingerprint density at radius 3 is 2.85 bits per heavy atom. The van der Waals surface area contributed by atoms with Gasteiger partial charge in [0.15, 0.2) is 5.43 Å². The largest absolute Gasteiger partial charge is 0.464 e. The standard InChI is InChI=1S/C22H18O4/c1-15-7-4-3-5-10-19-21(12-11-15)25-14-20(22(19)24)17-8-6-9-18(13-17)26-16(2)23/h3-9,11-14H,1,10H2,2H3/b5-3-,7-4-,12-11-. The molecular formula is C22H18O4. The van der Waals surface area contributed by atoms with Crippen LogP contribution in [0.5, 0.6) is 5.75 Å². The fraction of sp³-hybridized carbons (Fsp3) is 0.0909. The number of allylic oxidation sites excluding steroid dienone is 6. The smallest absolute Gasteiger partial charge is 0.308 e. The molecule has 0 radical (unpaired) electrons. The molecule has 1 aliphatic carbocycles. The SMILES string of the molecule is C=C1/C=C\C=C/Cc2c(occ(-c3cccc(OC(C)=O)c3)c2=O)/C=C\1. The van der Waals surface area contributed by atoms with Gasteiger partial charge in [0.2, 0.25) is 0 Å². The molecule has 1 heterocycles. The highest BCUT2D eigenvalue weighted by Gasteiger charge is 2.14. The lowest BCUT2D eigenvalue weighted by atomic mass is 10.0. The molecule has 0 saturated heterocycles. The summed E-state index contributed by atoms with van der Waals surface area (Å²) in [7, 11) is 0. The molecule has 1 aromatic heterocycles. The van der Waals surface area contributed by atoms with Crippen LogP contribution in [0.1, 0.15) is 18.2 Å². The maximum absolute atomic E-state index is 13.0. The van der Waals surface area contributed by atoms with E-state index in [4.69, 9.17) is 9.15 Å². The van der Waals surface area contributed by atoms with Crippen molar-refractivity contribution in [2.75, 3.05) is 0 Å². The van der Waals surface area contributed by atoms with E-state index in [0.29, 0.717) is 34.6 Å². The molecule has 1 aromatic carbocycles. The van der Waals surface area contributed by atoms with Gasteiger partial charge in [-0.25, -0.2) is 0 Å². The lowest BCUT2D eigenvalue weighted by molar-refractivity contribution is -0.131. The Morgan fingerprint density at radius 2 is 2.04 bits per heavy atom. The third kappa shape index (κ3) is 3.98. The van der Waals surface area contributed by atoms with Crippen molar-refractivity contribution in [2.45, 2.75) is 13.3 Å². The normalized spacial score (nSPS) is 17.0. The van der Waals surface area contributed by atoms with Crippen LogP contribution in [0.25, 0.3) is 17.2 Å². The topological polar surface area (TPSA) is 56.5 Å². The summed E-state index contributed by atoms with van der Waals surface area (Å²) in [5.41, 5.74) is 2.32. The minimum atomic E-state index is -0.414. The first-order valence-electron chi connectivity index (χ1n) is 8.18. The zero-order valence-electron chi connectivity index (χ0n) is 14.4. The predicted molar refractivity (Wildman–Crippen MR) is 102 cm³/mol. The Balaban J connectivity index is 2.08. The summed E-state index contributed by atoms with van der Waals surface area (Å²) in [6.07, 6.45) is 13.0. The fourth-order valence-corrected chi connectivity index (χ4v) is 2.63. The summed E-state index contributed by atoms with van der Waals surface area (Å²) in [4.78, 5) is 24.2. The van der Waals surface area contributed by atoms with Crippen molar-refractivity contribution in [3.63, 3.8) is 0 Å². The zero-order chi connectivity index (χ0) is 18.5. The van der Waals surface area contributed by atoms with Gasteiger partial charge >= 0.3 is 5.97 Å². The van der Waals surface area contributed by atoms with E-state index in [-0.39, 0.29) is 5.43 Å². The van der Waals surface area contributed by atoms with Crippen molar-refractivity contribution < 1.29 is 13.9 Å². The highest BCUT2D eigenvalue weighted by molar-refractivity contribution is 5.71. The molecule has 0 spiro atoms. The van der Waals surface area contributed by atoms with E-state index >= 15 is 0 Å². The van der Waals surface area contributed by atoms with Gasteiger partial charge < -0.3 is 9.15 Å². The quantitative estimate of drug-likeness (QED) is 0.595. The van der Waals surface area contributed by atoms with Crippen molar-refractivity contribution >= 4 is 12.0 Å². The number of carbonyl (C=O) groups excluding carboxylic acids is 1. The van der Waals surface area contributed by atoms with Crippen molar-refractivity contribution in [3.8, 4) is 16.9 Å². The van der Waals surface area contributed by atoms with E-state index in [2.05, 4.69) is 6.58 Å². The fourth-order valence-electron chi connectivity index (χ4n) is 2.63. The average Bonchev–Trinajstić information content (AvgIpc) is 2.61. The van der Waals surface area contributed by atoms with Gasteiger partial charge in [-0.15, -0.1) is 0 Å². The molecule has 26 heavy (non-hydrogen) atoms. The molecule has 0 aliphatic heterocycles. The van der Waals surface area contributed by atoms with Gasteiger partial charge in [-0.05, 0) is 35.8 Å². The van der Waals surface area contributed by atoms with Crippen LogP contribution in [0.4, 0.5) is 0 Å². The van der Waals surface area contributed by atoms with Gasteiger partial charge in [0.1, 0.15) is 17.8 Å². The minimum Gasteiger partial charge on any atom is -0.464 e. The first-order chi connectivity index (χ1) is 12.5. The van der Waals surface area contributed by atoms with Crippen LogP contribution in [0, 0.1) is 0 Å². The molecule has 4 nitrogen and oxygen atoms in total. The molecule has 4 heteroatoms. The summed E-state index contributed by atoms with van der Waals surface area (Å²) < 4.78 is 10.8. The minimum absolute atomic E-state index is 0.115. The monoisotopic (exact) mass is 346 g/mol. The molecule has 0 N–H and O–H groups in total. The number of hydrogen-bond donors (Lipinski definition) is 0. The van der Waals surface area contributed by atoms with Crippen LogP contribution >= 0.6 is 0 Å². The second-order valence-electron chi connectivity index (χ2n) is 5.84. The third-order valence-electron chi connectivity index (χ3n) is 3.85. The third-order valence-corrected chi connectivity index (χ3v) is 3.85. The molecule has 2 aromatic rings. The Bertz CT molecular complexity index is 1000. The van der Waals surface area contributed by atoms with Crippen molar-refractivity contribution in [1.82, 2.24) is 0 Å². The number of hydrogen-bond acceptors (Lipinski definition) is 4. The van der Waals surface area contributed by atoms with E-state index < -0.39 is 5.97 Å². The van der Waals surface area contributed by atoms with Gasteiger partial charge in [0.05, 0.1) is 5.56 Å². The summed E-state index contributed by atoms with van der Waals surface area (Å²) in [5, 5.41) is 0. The molecule has 3 rings (SSSR count). The van der Waals surface area contributed by atoms with Crippen LogP contribution in [-0.2, 0) is 11.2 Å². The first kappa shape index (κ1) is 17.4. The van der Waals surface area contributed by atoms with Crippen molar-refractivity contribution in [1.29, 1.82) is 0 Å².